The second-order valence-corrected chi connectivity index (χ2v) is 4.16. The fourth-order valence-electron chi connectivity index (χ4n) is 1.05. The monoisotopic (exact) mass is 255 g/mol. The van der Waals surface area contributed by atoms with Crippen molar-refractivity contribution in [2.24, 2.45) is 0 Å². The van der Waals surface area contributed by atoms with Gasteiger partial charge in [-0.3, -0.25) is 10.1 Å². The van der Waals surface area contributed by atoms with Gasteiger partial charge in [-0.25, -0.2) is 8.78 Å². The molecule has 1 aromatic carbocycles. The third-order valence-electron chi connectivity index (χ3n) is 1.85. The van der Waals surface area contributed by atoms with Crippen molar-refractivity contribution in [2.45, 2.75) is 11.8 Å². The first kappa shape index (κ1) is 12.4. The molecule has 0 saturated heterocycles. The molecule has 0 aromatic heterocycles. The molecule has 0 unspecified atom stereocenters. The zero-order valence-electron chi connectivity index (χ0n) is 7.70. The van der Waals surface area contributed by atoms with Gasteiger partial charge in [-0.1, -0.05) is 0 Å². The summed E-state index contributed by atoms with van der Waals surface area (Å²) in [6.07, 6.45) is 0. The summed E-state index contributed by atoms with van der Waals surface area (Å²) in [5, 5.41) is 10.4. The molecule has 0 bridgehead atoms. The Labute approximate surface area is 87.9 Å². The maximum Gasteiger partial charge on any atom is 0.335 e. The van der Waals surface area contributed by atoms with E-state index in [-0.39, 0.29) is 6.07 Å². The summed E-state index contributed by atoms with van der Waals surface area (Å²) in [6.45, 7) is 0.880. The van der Waals surface area contributed by atoms with Gasteiger partial charge in [-0.15, -0.1) is 3.89 Å². The van der Waals surface area contributed by atoms with Gasteiger partial charge in [-0.2, -0.15) is 8.42 Å². The number of nitro benzene ring substituents is 1. The Balaban J connectivity index is 3.74. The predicted molar refractivity (Wildman–Crippen MR) is 46.0 cm³/mol. The molecule has 0 fully saturated rings. The van der Waals surface area contributed by atoms with Crippen LogP contribution < -0.4 is 0 Å². The Morgan fingerprint density at radius 2 is 1.81 bits per heavy atom. The van der Waals surface area contributed by atoms with E-state index in [2.05, 4.69) is 0 Å². The van der Waals surface area contributed by atoms with Gasteiger partial charge in [0.25, 0.3) is 5.69 Å². The smallest absolute Gasteiger partial charge is 0.258 e. The van der Waals surface area contributed by atoms with Gasteiger partial charge in [0.15, 0.2) is 11.6 Å². The number of nitro groups is 1. The Morgan fingerprint density at radius 1 is 1.31 bits per heavy atom. The van der Waals surface area contributed by atoms with Crippen molar-refractivity contribution in [3.8, 4) is 0 Å². The molecule has 0 N–H and O–H groups in total. The van der Waals surface area contributed by atoms with Crippen LogP contribution in [-0.2, 0) is 10.2 Å². The summed E-state index contributed by atoms with van der Waals surface area (Å²) in [4.78, 5) is 7.55. The van der Waals surface area contributed by atoms with E-state index in [1.807, 2.05) is 0 Å². The number of hydrogen-bond acceptors (Lipinski definition) is 4. The largest absolute Gasteiger partial charge is 0.335 e. The highest BCUT2D eigenvalue weighted by molar-refractivity contribution is 7.86. The summed E-state index contributed by atoms with van der Waals surface area (Å²) in [6, 6.07) is 0.142. The molecule has 5 nitrogen and oxygen atoms in total. The highest BCUT2D eigenvalue weighted by Gasteiger charge is 2.28. The van der Waals surface area contributed by atoms with Crippen LogP contribution in [0.5, 0.6) is 0 Å². The summed E-state index contributed by atoms with van der Waals surface area (Å²) in [5.41, 5.74) is -1.70. The lowest BCUT2D eigenvalue weighted by Gasteiger charge is -2.03. The van der Waals surface area contributed by atoms with Crippen LogP contribution in [0.15, 0.2) is 11.0 Å². The lowest BCUT2D eigenvalue weighted by atomic mass is 10.2. The average Bonchev–Trinajstić information content (AvgIpc) is 2.11. The normalized spacial score (nSPS) is 11.5. The molecule has 0 spiro atoms. The van der Waals surface area contributed by atoms with Crippen LogP contribution >= 0.6 is 0 Å². The van der Waals surface area contributed by atoms with Crippen LogP contribution in [0.25, 0.3) is 0 Å². The molecule has 0 saturated carbocycles. The Morgan fingerprint density at radius 3 is 2.19 bits per heavy atom. The SMILES string of the molecule is Cc1c([N+](=O)[O-])cc(S(=O)(=O)F)c(F)c1F. The van der Waals surface area contributed by atoms with Gasteiger partial charge in [0.2, 0.25) is 0 Å². The number of rotatable bonds is 2. The molecule has 0 atom stereocenters. The summed E-state index contributed by atoms with van der Waals surface area (Å²) in [5.74, 6) is -3.73. The van der Waals surface area contributed by atoms with Crippen molar-refractivity contribution >= 4 is 15.9 Å². The number of hydrogen-bond donors (Lipinski definition) is 0. The van der Waals surface area contributed by atoms with Crippen LogP contribution in [-0.4, -0.2) is 13.3 Å². The van der Waals surface area contributed by atoms with Gasteiger partial charge >= 0.3 is 10.2 Å². The third kappa shape index (κ3) is 1.98. The van der Waals surface area contributed by atoms with Crippen LogP contribution in [0.4, 0.5) is 18.4 Å². The van der Waals surface area contributed by atoms with Crippen LogP contribution in [0.1, 0.15) is 5.56 Å². The molecule has 0 aliphatic rings. The first-order valence-electron chi connectivity index (χ1n) is 3.74. The maximum absolute atomic E-state index is 13.0. The van der Waals surface area contributed by atoms with Gasteiger partial charge in [-0.05, 0) is 6.92 Å². The third-order valence-corrected chi connectivity index (χ3v) is 2.67. The van der Waals surface area contributed by atoms with Crippen molar-refractivity contribution < 1.29 is 26.0 Å². The Kier molecular flexibility index (Phi) is 2.91. The fraction of sp³-hybridized carbons (Fsp3) is 0.143. The molecule has 0 aliphatic heterocycles. The summed E-state index contributed by atoms with van der Waals surface area (Å²) in [7, 11) is -5.55. The Bertz CT molecular complexity index is 569. The van der Waals surface area contributed by atoms with E-state index in [4.69, 9.17) is 0 Å². The zero-order chi connectivity index (χ0) is 12.7. The van der Waals surface area contributed by atoms with E-state index in [0.717, 1.165) is 6.92 Å². The van der Waals surface area contributed by atoms with Gasteiger partial charge in [0, 0.05) is 6.07 Å². The van der Waals surface area contributed by atoms with Crippen LogP contribution in [0.3, 0.4) is 0 Å². The van der Waals surface area contributed by atoms with E-state index in [1.165, 1.54) is 0 Å². The van der Waals surface area contributed by atoms with Gasteiger partial charge < -0.3 is 0 Å². The molecule has 0 amide bonds. The highest BCUT2D eigenvalue weighted by atomic mass is 32.3. The molecule has 1 rings (SSSR count). The molecule has 0 radical (unpaired) electrons. The zero-order valence-corrected chi connectivity index (χ0v) is 8.52. The van der Waals surface area contributed by atoms with E-state index in [1.54, 1.807) is 0 Å². The van der Waals surface area contributed by atoms with E-state index in [9.17, 15) is 31.2 Å². The number of benzene rings is 1. The molecule has 9 heteroatoms. The second kappa shape index (κ2) is 3.74. The van der Waals surface area contributed by atoms with Crippen molar-refractivity contribution in [2.75, 3.05) is 0 Å². The molecular formula is C7H4F3NO4S. The van der Waals surface area contributed by atoms with Crippen LogP contribution in [0, 0.1) is 28.7 Å². The fourth-order valence-corrected chi connectivity index (χ4v) is 1.60. The van der Waals surface area contributed by atoms with E-state index in [0.29, 0.717) is 0 Å². The molecule has 16 heavy (non-hydrogen) atoms. The molecule has 0 aliphatic carbocycles. The molecular weight excluding hydrogens is 251 g/mol. The maximum atomic E-state index is 13.0. The Hall–Kier alpha value is -1.64. The summed E-state index contributed by atoms with van der Waals surface area (Å²) >= 11 is 0. The first-order chi connectivity index (χ1) is 7.16. The quantitative estimate of drug-likeness (QED) is 0.459. The van der Waals surface area contributed by atoms with Gasteiger partial charge in [0.1, 0.15) is 4.90 Å². The number of nitrogens with zero attached hydrogens (tertiary/aromatic N) is 1. The molecule has 88 valence electrons. The number of halogens is 3. The lowest BCUT2D eigenvalue weighted by molar-refractivity contribution is -0.385. The van der Waals surface area contributed by atoms with E-state index < -0.39 is 42.9 Å². The van der Waals surface area contributed by atoms with Crippen molar-refractivity contribution in [1.29, 1.82) is 0 Å². The van der Waals surface area contributed by atoms with Crippen LogP contribution in [0.2, 0.25) is 0 Å². The van der Waals surface area contributed by atoms with Crippen molar-refractivity contribution in [3.63, 3.8) is 0 Å². The van der Waals surface area contributed by atoms with Crippen molar-refractivity contribution in [3.05, 3.63) is 33.4 Å². The summed E-state index contributed by atoms with van der Waals surface area (Å²) < 4.78 is 59.3. The van der Waals surface area contributed by atoms with Crippen molar-refractivity contribution in [1.82, 2.24) is 0 Å². The lowest BCUT2D eigenvalue weighted by Crippen LogP contribution is -2.05. The van der Waals surface area contributed by atoms with E-state index >= 15 is 0 Å². The first-order valence-corrected chi connectivity index (χ1v) is 5.12. The topological polar surface area (TPSA) is 77.3 Å². The average molecular weight is 255 g/mol. The second-order valence-electron chi connectivity index (χ2n) is 2.84. The highest BCUT2D eigenvalue weighted by Crippen LogP contribution is 2.29. The predicted octanol–water partition coefficient (Wildman–Crippen LogP) is 1.84. The minimum absolute atomic E-state index is 0.142. The standard InChI is InChI=1S/C7H4F3NO4S/c1-3-4(11(12)13)2-5(16(10,14)15)7(9)6(3)8/h2H,1H3. The minimum Gasteiger partial charge on any atom is -0.258 e. The van der Waals surface area contributed by atoms with Gasteiger partial charge in [0.05, 0.1) is 10.5 Å². The molecule has 0 heterocycles. The molecule has 1 aromatic rings. The minimum atomic E-state index is -5.55.